The van der Waals surface area contributed by atoms with Crippen LogP contribution in [0.1, 0.15) is 31.9 Å². The molecular weight excluding hydrogens is 591 g/mol. The maximum absolute atomic E-state index is 12.8. The van der Waals surface area contributed by atoms with Crippen molar-refractivity contribution >= 4 is 51.9 Å². The van der Waals surface area contributed by atoms with Gasteiger partial charge in [0.1, 0.15) is 24.0 Å². The summed E-state index contributed by atoms with van der Waals surface area (Å²) in [7, 11) is 0. The lowest BCUT2D eigenvalue weighted by Gasteiger charge is -2.17. The standard InChI is InChI=1S/C28H26ClIN2O4/c1-4-34-26-15-19(14-25(30)27(26)36-18(2)3)13-21(16-31)28(33)32-22-9-11-23(12-10-22)35-17-20-7-5-6-8-24(20)29/h5-15,18H,4,17H2,1-3H3,(H,32,33)/b21-13+. The number of carbonyl (C=O) groups excluding carboxylic acids is 1. The van der Waals surface area contributed by atoms with E-state index in [-0.39, 0.29) is 11.7 Å². The van der Waals surface area contributed by atoms with E-state index in [1.54, 1.807) is 30.3 Å². The van der Waals surface area contributed by atoms with Crippen LogP contribution in [-0.2, 0) is 11.4 Å². The van der Waals surface area contributed by atoms with E-state index in [0.29, 0.717) is 46.7 Å². The second-order valence-corrected chi connectivity index (χ2v) is 9.53. The summed E-state index contributed by atoms with van der Waals surface area (Å²) in [6, 6.07) is 20.0. The molecule has 6 nitrogen and oxygen atoms in total. The maximum atomic E-state index is 12.8. The summed E-state index contributed by atoms with van der Waals surface area (Å²) in [4.78, 5) is 12.8. The molecule has 0 aliphatic heterocycles. The second-order valence-electron chi connectivity index (χ2n) is 7.96. The number of anilines is 1. The molecule has 3 aromatic carbocycles. The van der Waals surface area contributed by atoms with Crippen LogP contribution in [0, 0.1) is 14.9 Å². The van der Waals surface area contributed by atoms with E-state index in [9.17, 15) is 10.1 Å². The van der Waals surface area contributed by atoms with Crippen LogP contribution >= 0.6 is 34.2 Å². The molecule has 0 unspecified atom stereocenters. The summed E-state index contributed by atoms with van der Waals surface area (Å²) in [5.74, 6) is 1.32. The zero-order valence-electron chi connectivity index (χ0n) is 20.2. The molecule has 8 heteroatoms. The first-order valence-electron chi connectivity index (χ1n) is 11.3. The molecule has 1 N–H and O–H groups in total. The van der Waals surface area contributed by atoms with Gasteiger partial charge in [-0.2, -0.15) is 5.26 Å². The van der Waals surface area contributed by atoms with Gasteiger partial charge in [-0.3, -0.25) is 4.79 Å². The average molecular weight is 617 g/mol. The van der Waals surface area contributed by atoms with E-state index in [1.807, 2.05) is 57.2 Å². The molecule has 0 atom stereocenters. The number of hydrogen-bond donors (Lipinski definition) is 1. The SMILES string of the molecule is CCOc1cc(/C=C(\C#N)C(=O)Nc2ccc(OCc3ccccc3Cl)cc2)cc(I)c1OC(C)C. The van der Waals surface area contributed by atoms with Gasteiger partial charge >= 0.3 is 0 Å². The predicted molar refractivity (Wildman–Crippen MR) is 151 cm³/mol. The number of ether oxygens (including phenoxy) is 3. The monoisotopic (exact) mass is 616 g/mol. The molecule has 3 rings (SSSR count). The Morgan fingerprint density at radius 3 is 2.50 bits per heavy atom. The third kappa shape index (κ3) is 7.64. The van der Waals surface area contributed by atoms with Gasteiger partial charge < -0.3 is 19.5 Å². The molecule has 186 valence electrons. The summed E-state index contributed by atoms with van der Waals surface area (Å²) < 4.78 is 18.2. The summed E-state index contributed by atoms with van der Waals surface area (Å²) in [5.41, 5.74) is 2.04. The topological polar surface area (TPSA) is 80.6 Å². The number of carbonyl (C=O) groups is 1. The Morgan fingerprint density at radius 2 is 1.86 bits per heavy atom. The molecule has 0 saturated carbocycles. The van der Waals surface area contributed by atoms with Crippen molar-refractivity contribution in [2.45, 2.75) is 33.5 Å². The fraction of sp³-hybridized carbons (Fsp3) is 0.214. The van der Waals surface area contributed by atoms with Crippen LogP contribution in [0.2, 0.25) is 5.02 Å². The Morgan fingerprint density at radius 1 is 1.14 bits per heavy atom. The lowest BCUT2D eigenvalue weighted by Crippen LogP contribution is -2.13. The zero-order chi connectivity index (χ0) is 26.1. The molecular formula is C28H26ClIN2O4. The fourth-order valence-electron chi connectivity index (χ4n) is 3.21. The van der Waals surface area contributed by atoms with E-state index >= 15 is 0 Å². The Hall–Kier alpha value is -3.22. The Kier molecular flexibility index (Phi) is 10.0. The molecule has 0 aliphatic rings. The molecule has 0 radical (unpaired) electrons. The molecule has 0 fully saturated rings. The lowest BCUT2D eigenvalue weighted by molar-refractivity contribution is -0.112. The zero-order valence-corrected chi connectivity index (χ0v) is 23.1. The van der Waals surface area contributed by atoms with Crippen molar-refractivity contribution in [1.29, 1.82) is 5.26 Å². The first kappa shape index (κ1) is 27.4. The van der Waals surface area contributed by atoms with Gasteiger partial charge in [-0.1, -0.05) is 29.8 Å². The highest BCUT2D eigenvalue weighted by molar-refractivity contribution is 14.1. The molecule has 0 spiro atoms. The molecule has 36 heavy (non-hydrogen) atoms. The van der Waals surface area contributed by atoms with Gasteiger partial charge in [-0.25, -0.2) is 0 Å². The van der Waals surface area contributed by atoms with Gasteiger partial charge in [0.2, 0.25) is 0 Å². The number of hydrogen-bond acceptors (Lipinski definition) is 5. The minimum absolute atomic E-state index is 0.0208. The quantitative estimate of drug-likeness (QED) is 0.147. The van der Waals surface area contributed by atoms with E-state index in [1.165, 1.54) is 6.08 Å². The van der Waals surface area contributed by atoms with Crippen LogP contribution in [0.25, 0.3) is 6.08 Å². The Labute approximate surface area is 230 Å². The Balaban J connectivity index is 1.71. The van der Waals surface area contributed by atoms with Crippen LogP contribution < -0.4 is 19.5 Å². The molecule has 0 bridgehead atoms. The van der Waals surface area contributed by atoms with Gasteiger partial charge in [0.05, 0.1) is 16.3 Å². The van der Waals surface area contributed by atoms with Crippen LogP contribution in [0.4, 0.5) is 5.69 Å². The number of rotatable bonds is 10. The summed E-state index contributed by atoms with van der Waals surface area (Å²) >= 11 is 8.32. The van der Waals surface area contributed by atoms with Crippen LogP contribution in [-0.4, -0.2) is 18.6 Å². The molecule has 0 aliphatic carbocycles. The van der Waals surface area contributed by atoms with Gasteiger partial charge in [-0.15, -0.1) is 0 Å². The molecule has 0 aromatic heterocycles. The van der Waals surface area contributed by atoms with Gasteiger partial charge in [0.25, 0.3) is 5.91 Å². The average Bonchev–Trinajstić information content (AvgIpc) is 2.85. The van der Waals surface area contributed by atoms with Crippen molar-refractivity contribution in [1.82, 2.24) is 0 Å². The van der Waals surface area contributed by atoms with Crippen molar-refractivity contribution in [3.8, 4) is 23.3 Å². The van der Waals surface area contributed by atoms with E-state index in [2.05, 4.69) is 27.9 Å². The number of nitrogens with one attached hydrogen (secondary N) is 1. The fourth-order valence-corrected chi connectivity index (χ4v) is 4.15. The highest BCUT2D eigenvalue weighted by Gasteiger charge is 2.15. The molecule has 1 amide bonds. The Bertz CT molecular complexity index is 1280. The number of amides is 1. The first-order chi connectivity index (χ1) is 17.3. The van der Waals surface area contributed by atoms with Crippen molar-refractivity contribution in [2.75, 3.05) is 11.9 Å². The van der Waals surface area contributed by atoms with Gasteiger partial charge in [-0.05, 0) is 97.5 Å². The van der Waals surface area contributed by atoms with Crippen LogP contribution in [0.15, 0.2) is 66.2 Å². The van der Waals surface area contributed by atoms with Crippen LogP contribution in [0.3, 0.4) is 0 Å². The minimum atomic E-state index is -0.516. The van der Waals surface area contributed by atoms with Gasteiger partial charge in [0.15, 0.2) is 11.5 Å². The number of nitrogens with zero attached hydrogens (tertiary/aromatic N) is 1. The van der Waals surface area contributed by atoms with E-state index in [0.717, 1.165) is 9.13 Å². The van der Waals surface area contributed by atoms with Crippen molar-refractivity contribution in [3.05, 3.63) is 86.0 Å². The first-order valence-corrected chi connectivity index (χ1v) is 12.8. The molecule has 0 saturated heterocycles. The smallest absolute Gasteiger partial charge is 0.266 e. The highest BCUT2D eigenvalue weighted by Crippen LogP contribution is 2.35. The summed E-state index contributed by atoms with van der Waals surface area (Å²) in [6.45, 7) is 6.55. The normalized spacial score (nSPS) is 11.1. The number of nitriles is 1. The predicted octanol–water partition coefficient (Wildman–Crippen LogP) is 7.26. The highest BCUT2D eigenvalue weighted by atomic mass is 127. The minimum Gasteiger partial charge on any atom is -0.490 e. The lowest BCUT2D eigenvalue weighted by atomic mass is 10.1. The number of benzene rings is 3. The molecule has 3 aromatic rings. The third-order valence-electron chi connectivity index (χ3n) is 4.83. The maximum Gasteiger partial charge on any atom is 0.266 e. The second kappa shape index (κ2) is 13.2. The van der Waals surface area contributed by atoms with Crippen LogP contribution in [0.5, 0.6) is 17.2 Å². The summed E-state index contributed by atoms with van der Waals surface area (Å²) in [5, 5.41) is 13.0. The van der Waals surface area contributed by atoms with Crippen molar-refractivity contribution < 1.29 is 19.0 Å². The van der Waals surface area contributed by atoms with Crippen molar-refractivity contribution in [3.63, 3.8) is 0 Å². The molecule has 0 heterocycles. The number of halogens is 2. The van der Waals surface area contributed by atoms with E-state index < -0.39 is 5.91 Å². The van der Waals surface area contributed by atoms with Gasteiger partial charge in [0, 0.05) is 16.3 Å². The van der Waals surface area contributed by atoms with Crippen molar-refractivity contribution in [2.24, 2.45) is 0 Å². The summed E-state index contributed by atoms with van der Waals surface area (Å²) in [6.07, 6.45) is 1.51. The largest absolute Gasteiger partial charge is 0.490 e. The third-order valence-corrected chi connectivity index (χ3v) is 6.00. The van der Waals surface area contributed by atoms with E-state index in [4.69, 9.17) is 25.8 Å².